The standard InChI is InChI=1S/C13H17BF2O2/c1-2-3-8-4-5-10-9(6-8)7-11(15)12(13(10)16)14(17)18/h7-8,17-18H,2-6H2,1H3. The molecular formula is C13H17BF2O2. The lowest BCUT2D eigenvalue weighted by Gasteiger charge is -2.25. The Morgan fingerprint density at radius 1 is 1.39 bits per heavy atom. The monoisotopic (exact) mass is 254 g/mol. The van der Waals surface area contributed by atoms with Crippen LogP contribution in [0.15, 0.2) is 6.07 Å². The largest absolute Gasteiger partial charge is 0.494 e. The maximum atomic E-state index is 14.0. The summed E-state index contributed by atoms with van der Waals surface area (Å²) < 4.78 is 27.7. The van der Waals surface area contributed by atoms with E-state index >= 15 is 0 Å². The third-order valence-corrected chi connectivity index (χ3v) is 3.71. The molecule has 0 heterocycles. The van der Waals surface area contributed by atoms with Crippen LogP contribution in [-0.2, 0) is 12.8 Å². The fourth-order valence-corrected chi connectivity index (χ4v) is 2.83. The van der Waals surface area contributed by atoms with Gasteiger partial charge in [0, 0.05) is 0 Å². The number of fused-ring (bicyclic) bond motifs is 1. The number of benzene rings is 1. The Morgan fingerprint density at radius 3 is 2.72 bits per heavy atom. The van der Waals surface area contributed by atoms with Gasteiger partial charge in [-0.1, -0.05) is 19.8 Å². The van der Waals surface area contributed by atoms with Crippen LogP contribution in [0.25, 0.3) is 0 Å². The lowest BCUT2D eigenvalue weighted by atomic mass is 9.74. The van der Waals surface area contributed by atoms with Crippen LogP contribution in [0.3, 0.4) is 0 Å². The topological polar surface area (TPSA) is 40.5 Å². The second-order valence-electron chi connectivity index (χ2n) is 4.99. The van der Waals surface area contributed by atoms with Crippen LogP contribution in [0, 0.1) is 17.6 Å². The lowest BCUT2D eigenvalue weighted by molar-refractivity contribution is 0.405. The van der Waals surface area contributed by atoms with Gasteiger partial charge in [0.05, 0.1) is 5.46 Å². The Kier molecular flexibility index (Phi) is 4.02. The summed E-state index contributed by atoms with van der Waals surface area (Å²) >= 11 is 0. The first-order valence-electron chi connectivity index (χ1n) is 6.40. The SMILES string of the molecule is CCCC1CCc2c(cc(F)c(B(O)O)c2F)C1. The van der Waals surface area contributed by atoms with E-state index in [1.54, 1.807) is 0 Å². The first-order valence-corrected chi connectivity index (χ1v) is 6.40. The zero-order valence-electron chi connectivity index (χ0n) is 10.4. The van der Waals surface area contributed by atoms with Crippen LogP contribution in [-0.4, -0.2) is 17.2 Å². The van der Waals surface area contributed by atoms with Crippen molar-refractivity contribution in [1.29, 1.82) is 0 Å². The van der Waals surface area contributed by atoms with Gasteiger partial charge >= 0.3 is 7.12 Å². The van der Waals surface area contributed by atoms with E-state index in [2.05, 4.69) is 6.92 Å². The van der Waals surface area contributed by atoms with Crippen molar-refractivity contribution in [3.63, 3.8) is 0 Å². The summed E-state index contributed by atoms with van der Waals surface area (Å²) in [4.78, 5) is 0. The van der Waals surface area contributed by atoms with Gasteiger partial charge in [-0.2, -0.15) is 0 Å². The maximum absolute atomic E-state index is 14.0. The molecule has 1 aliphatic rings. The van der Waals surface area contributed by atoms with Crippen LogP contribution in [0.2, 0.25) is 0 Å². The Morgan fingerprint density at radius 2 is 2.11 bits per heavy atom. The normalized spacial score (nSPS) is 18.6. The molecular weight excluding hydrogens is 237 g/mol. The minimum absolute atomic E-state index is 0.451. The molecule has 1 atom stereocenters. The zero-order chi connectivity index (χ0) is 13.3. The second kappa shape index (κ2) is 5.37. The van der Waals surface area contributed by atoms with Crippen molar-refractivity contribution < 1.29 is 18.8 Å². The van der Waals surface area contributed by atoms with Crippen molar-refractivity contribution in [2.24, 2.45) is 5.92 Å². The highest BCUT2D eigenvalue weighted by atomic mass is 19.1. The molecule has 1 aromatic carbocycles. The third kappa shape index (κ3) is 2.42. The van der Waals surface area contributed by atoms with Crippen LogP contribution in [0.1, 0.15) is 37.3 Å². The predicted molar refractivity (Wildman–Crippen MR) is 66.6 cm³/mol. The van der Waals surface area contributed by atoms with E-state index in [0.717, 1.165) is 19.3 Å². The third-order valence-electron chi connectivity index (χ3n) is 3.71. The highest BCUT2D eigenvalue weighted by molar-refractivity contribution is 6.58. The summed E-state index contributed by atoms with van der Waals surface area (Å²) in [5, 5.41) is 18.0. The van der Waals surface area contributed by atoms with E-state index in [-0.39, 0.29) is 0 Å². The average Bonchev–Trinajstić information content (AvgIpc) is 2.28. The van der Waals surface area contributed by atoms with Crippen molar-refractivity contribution in [2.45, 2.75) is 39.0 Å². The van der Waals surface area contributed by atoms with Gasteiger partial charge in [-0.15, -0.1) is 0 Å². The van der Waals surface area contributed by atoms with Crippen molar-refractivity contribution >= 4 is 12.6 Å². The summed E-state index contributed by atoms with van der Waals surface area (Å²) in [6.07, 6.45) is 4.24. The summed E-state index contributed by atoms with van der Waals surface area (Å²) in [5.41, 5.74) is 0.508. The summed E-state index contributed by atoms with van der Waals surface area (Å²) in [6.45, 7) is 2.10. The molecule has 2 nitrogen and oxygen atoms in total. The number of rotatable bonds is 3. The van der Waals surface area contributed by atoms with E-state index in [1.807, 2.05) is 0 Å². The molecule has 0 bridgehead atoms. The minimum atomic E-state index is -2.09. The predicted octanol–water partition coefficient (Wildman–Crippen LogP) is 1.55. The first kappa shape index (κ1) is 13.5. The van der Waals surface area contributed by atoms with Crippen LogP contribution < -0.4 is 5.46 Å². The second-order valence-corrected chi connectivity index (χ2v) is 4.99. The smallest absolute Gasteiger partial charge is 0.423 e. The van der Waals surface area contributed by atoms with Crippen LogP contribution in [0.4, 0.5) is 8.78 Å². The van der Waals surface area contributed by atoms with Crippen molar-refractivity contribution in [2.75, 3.05) is 0 Å². The zero-order valence-corrected chi connectivity index (χ0v) is 10.4. The molecule has 1 aromatic rings. The summed E-state index contributed by atoms with van der Waals surface area (Å²) in [6, 6.07) is 1.26. The van der Waals surface area contributed by atoms with E-state index in [0.29, 0.717) is 29.9 Å². The van der Waals surface area contributed by atoms with Gasteiger partial charge in [-0.25, -0.2) is 8.78 Å². The Hall–Kier alpha value is -0.935. The number of hydrogen-bond acceptors (Lipinski definition) is 2. The molecule has 5 heteroatoms. The molecule has 0 fully saturated rings. The molecule has 0 saturated heterocycles. The van der Waals surface area contributed by atoms with Gasteiger partial charge in [-0.05, 0) is 42.4 Å². The highest BCUT2D eigenvalue weighted by Crippen LogP contribution is 2.30. The van der Waals surface area contributed by atoms with E-state index in [1.165, 1.54) is 6.07 Å². The van der Waals surface area contributed by atoms with Crippen LogP contribution >= 0.6 is 0 Å². The van der Waals surface area contributed by atoms with Gasteiger partial charge in [0.2, 0.25) is 0 Å². The molecule has 0 aliphatic heterocycles. The minimum Gasteiger partial charge on any atom is -0.423 e. The fraction of sp³-hybridized carbons (Fsp3) is 0.538. The quantitative estimate of drug-likeness (QED) is 0.803. The van der Waals surface area contributed by atoms with E-state index in [9.17, 15) is 8.78 Å². The molecule has 18 heavy (non-hydrogen) atoms. The van der Waals surface area contributed by atoms with E-state index < -0.39 is 24.2 Å². The summed E-state index contributed by atoms with van der Waals surface area (Å²) in [7, 11) is -2.09. The molecule has 0 amide bonds. The van der Waals surface area contributed by atoms with E-state index in [4.69, 9.17) is 10.0 Å². The van der Waals surface area contributed by atoms with Gasteiger partial charge in [-0.3, -0.25) is 0 Å². The number of hydrogen-bond donors (Lipinski definition) is 2. The molecule has 0 radical (unpaired) electrons. The molecule has 1 unspecified atom stereocenters. The summed E-state index contributed by atoms with van der Waals surface area (Å²) in [5.74, 6) is -1.17. The van der Waals surface area contributed by atoms with Crippen molar-refractivity contribution in [3.8, 4) is 0 Å². The van der Waals surface area contributed by atoms with Crippen molar-refractivity contribution in [1.82, 2.24) is 0 Å². The molecule has 1 aliphatic carbocycles. The molecule has 0 spiro atoms. The van der Waals surface area contributed by atoms with Gasteiger partial charge < -0.3 is 10.0 Å². The van der Waals surface area contributed by atoms with Crippen molar-refractivity contribution in [3.05, 3.63) is 28.8 Å². The Bertz CT molecular complexity index is 449. The van der Waals surface area contributed by atoms with Crippen LogP contribution in [0.5, 0.6) is 0 Å². The maximum Gasteiger partial charge on any atom is 0.494 e. The molecule has 2 N–H and O–H groups in total. The highest BCUT2D eigenvalue weighted by Gasteiger charge is 2.29. The first-order chi connectivity index (χ1) is 8.54. The lowest BCUT2D eigenvalue weighted by Crippen LogP contribution is -2.37. The van der Waals surface area contributed by atoms with Gasteiger partial charge in [0.1, 0.15) is 11.6 Å². The average molecular weight is 254 g/mol. The van der Waals surface area contributed by atoms with Gasteiger partial charge in [0.25, 0.3) is 0 Å². The molecule has 2 rings (SSSR count). The Labute approximate surface area is 106 Å². The molecule has 0 saturated carbocycles. The molecule has 0 aromatic heterocycles. The fourth-order valence-electron chi connectivity index (χ4n) is 2.83. The Balaban J connectivity index is 2.37. The van der Waals surface area contributed by atoms with Gasteiger partial charge in [0.15, 0.2) is 0 Å². The molecule has 98 valence electrons. The number of halogens is 2.